The second kappa shape index (κ2) is 9.64. The molecule has 2 aromatic heterocycles. The molecule has 3 aromatic rings. The molecule has 1 N–H and O–H groups in total. The first-order valence-corrected chi connectivity index (χ1v) is 11.9. The minimum Gasteiger partial charge on any atom is -0.494 e. The monoisotopic (exact) mass is 472 g/mol. The third-order valence-electron chi connectivity index (χ3n) is 6.06. The lowest BCUT2D eigenvalue weighted by Gasteiger charge is -2.29. The van der Waals surface area contributed by atoms with Crippen LogP contribution in [0, 0.1) is 0 Å². The average molecular weight is 473 g/mol. The number of methoxy groups -OCH3 is 1. The van der Waals surface area contributed by atoms with E-state index < -0.39 is 0 Å². The van der Waals surface area contributed by atoms with Gasteiger partial charge in [-0.3, -0.25) is 15.0 Å². The van der Waals surface area contributed by atoms with E-state index in [1.54, 1.807) is 13.3 Å². The number of thiazole rings is 1. The molecule has 0 atom stereocenters. The number of carbonyl (C=O) groups is 1. The summed E-state index contributed by atoms with van der Waals surface area (Å²) in [6, 6.07) is 3.98. The highest BCUT2D eigenvalue weighted by Gasteiger charge is 2.22. The van der Waals surface area contributed by atoms with Gasteiger partial charge < -0.3 is 23.7 Å². The summed E-state index contributed by atoms with van der Waals surface area (Å²) in [6.45, 7) is 6.92. The van der Waals surface area contributed by atoms with E-state index in [-0.39, 0.29) is 5.91 Å². The molecule has 2 fully saturated rings. The fourth-order valence-electron chi connectivity index (χ4n) is 4.17. The molecular formula is C22H28N6O4S. The van der Waals surface area contributed by atoms with Gasteiger partial charge in [0.15, 0.2) is 5.13 Å². The van der Waals surface area contributed by atoms with Gasteiger partial charge in [0, 0.05) is 33.2 Å². The zero-order chi connectivity index (χ0) is 22.8. The van der Waals surface area contributed by atoms with Crippen molar-refractivity contribution in [3.63, 3.8) is 0 Å². The van der Waals surface area contributed by atoms with Crippen LogP contribution in [0.25, 0.3) is 10.2 Å². The molecule has 0 spiro atoms. The van der Waals surface area contributed by atoms with Gasteiger partial charge in [-0.25, -0.2) is 9.97 Å². The summed E-state index contributed by atoms with van der Waals surface area (Å²) in [4.78, 5) is 26.8. The minimum absolute atomic E-state index is 0.232. The van der Waals surface area contributed by atoms with Crippen molar-refractivity contribution in [3.8, 4) is 5.75 Å². The maximum atomic E-state index is 13.1. The molecule has 2 saturated heterocycles. The third-order valence-corrected chi connectivity index (χ3v) is 7.06. The van der Waals surface area contributed by atoms with E-state index in [0.717, 1.165) is 61.1 Å². The Balaban J connectivity index is 1.37. The minimum atomic E-state index is -0.232. The van der Waals surface area contributed by atoms with E-state index in [2.05, 4.69) is 31.2 Å². The van der Waals surface area contributed by atoms with Crippen LogP contribution in [-0.4, -0.2) is 85.1 Å². The van der Waals surface area contributed by atoms with E-state index >= 15 is 0 Å². The molecule has 4 heterocycles. The van der Waals surface area contributed by atoms with Gasteiger partial charge >= 0.3 is 0 Å². The molecule has 11 heteroatoms. The Labute approximate surface area is 196 Å². The van der Waals surface area contributed by atoms with Crippen LogP contribution in [0.1, 0.15) is 16.3 Å². The van der Waals surface area contributed by atoms with Crippen molar-refractivity contribution in [2.24, 2.45) is 7.05 Å². The Kier molecular flexibility index (Phi) is 6.45. The number of amides is 1. The highest BCUT2D eigenvalue weighted by atomic mass is 32.1. The standard InChI is InChI=1S/C22H28N6O4S/c1-26-16(13-23-18(26)14-27-5-9-31-10-6-27)21(29)25-22-24-19-17(30-2)4-3-15(20(19)33-22)28-7-11-32-12-8-28/h3-4,13H,5-12,14H2,1-2H3,(H,24,25,29). The van der Waals surface area contributed by atoms with Crippen molar-refractivity contribution >= 4 is 38.3 Å². The lowest BCUT2D eigenvalue weighted by Crippen LogP contribution is -2.36. The first-order chi connectivity index (χ1) is 16.1. The van der Waals surface area contributed by atoms with Gasteiger partial charge in [0.25, 0.3) is 5.91 Å². The van der Waals surface area contributed by atoms with E-state index in [1.807, 2.05) is 17.7 Å². The molecule has 0 radical (unpaired) electrons. The molecule has 0 saturated carbocycles. The van der Waals surface area contributed by atoms with Crippen LogP contribution in [0.4, 0.5) is 10.8 Å². The van der Waals surface area contributed by atoms with E-state index in [0.29, 0.717) is 36.3 Å². The lowest BCUT2D eigenvalue weighted by molar-refractivity contribution is 0.0327. The zero-order valence-corrected chi connectivity index (χ0v) is 19.7. The number of anilines is 2. The largest absolute Gasteiger partial charge is 0.494 e. The molecule has 0 bridgehead atoms. The summed E-state index contributed by atoms with van der Waals surface area (Å²) in [5.41, 5.74) is 2.33. The molecular weight excluding hydrogens is 444 g/mol. The predicted molar refractivity (Wildman–Crippen MR) is 126 cm³/mol. The van der Waals surface area contributed by atoms with Crippen molar-refractivity contribution in [3.05, 3.63) is 29.8 Å². The number of morpholine rings is 2. The third kappa shape index (κ3) is 4.54. The van der Waals surface area contributed by atoms with Gasteiger partial charge in [-0.15, -0.1) is 0 Å². The Morgan fingerprint density at radius 2 is 1.88 bits per heavy atom. The quantitative estimate of drug-likeness (QED) is 0.582. The highest BCUT2D eigenvalue weighted by Crippen LogP contribution is 2.39. The van der Waals surface area contributed by atoms with Crippen LogP contribution in [-0.2, 0) is 23.1 Å². The number of aromatic nitrogens is 3. The summed E-state index contributed by atoms with van der Waals surface area (Å²) >= 11 is 1.45. The summed E-state index contributed by atoms with van der Waals surface area (Å²) in [6.07, 6.45) is 1.62. The summed E-state index contributed by atoms with van der Waals surface area (Å²) in [7, 11) is 3.50. The maximum Gasteiger partial charge on any atom is 0.275 e. The number of rotatable bonds is 6. The molecule has 1 amide bonds. The second-order valence-electron chi connectivity index (χ2n) is 8.04. The van der Waals surface area contributed by atoms with Crippen molar-refractivity contribution in [1.82, 2.24) is 19.4 Å². The Morgan fingerprint density at radius 3 is 2.61 bits per heavy atom. The lowest BCUT2D eigenvalue weighted by atomic mass is 10.2. The van der Waals surface area contributed by atoms with Gasteiger partial charge in [-0.1, -0.05) is 11.3 Å². The molecule has 10 nitrogen and oxygen atoms in total. The molecule has 2 aliphatic heterocycles. The van der Waals surface area contributed by atoms with Crippen LogP contribution in [0.5, 0.6) is 5.75 Å². The normalized spacial score (nSPS) is 17.5. The molecule has 0 aliphatic carbocycles. The van der Waals surface area contributed by atoms with Gasteiger partial charge in [0.1, 0.15) is 22.8 Å². The average Bonchev–Trinajstić information content (AvgIpc) is 3.43. The van der Waals surface area contributed by atoms with Gasteiger partial charge in [-0.05, 0) is 12.1 Å². The van der Waals surface area contributed by atoms with E-state index in [1.165, 1.54) is 11.3 Å². The van der Waals surface area contributed by atoms with E-state index in [4.69, 9.17) is 14.2 Å². The molecule has 0 unspecified atom stereocenters. The van der Waals surface area contributed by atoms with Crippen molar-refractivity contribution in [1.29, 1.82) is 0 Å². The fraction of sp³-hybridized carbons (Fsp3) is 0.500. The number of imidazole rings is 1. The van der Waals surface area contributed by atoms with E-state index in [9.17, 15) is 4.79 Å². The van der Waals surface area contributed by atoms with Crippen molar-refractivity contribution in [2.45, 2.75) is 6.54 Å². The SMILES string of the molecule is COc1ccc(N2CCOCC2)c2sc(NC(=O)c3cnc(CN4CCOCC4)n3C)nc12. The topological polar surface area (TPSA) is 94.0 Å². The van der Waals surface area contributed by atoms with Crippen LogP contribution in [0.2, 0.25) is 0 Å². The number of hydrogen-bond acceptors (Lipinski definition) is 9. The Hall–Kier alpha value is -2.73. The maximum absolute atomic E-state index is 13.1. The summed E-state index contributed by atoms with van der Waals surface area (Å²) in [5.74, 6) is 1.30. The van der Waals surface area contributed by atoms with Crippen LogP contribution >= 0.6 is 11.3 Å². The van der Waals surface area contributed by atoms with Gasteiger partial charge in [0.2, 0.25) is 0 Å². The number of carbonyl (C=O) groups excluding carboxylic acids is 1. The van der Waals surface area contributed by atoms with Gasteiger partial charge in [0.05, 0.1) is 56.7 Å². The number of hydrogen-bond donors (Lipinski definition) is 1. The van der Waals surface area contributed by atoms with Crippen LogP contribution in [0.3, 0.4) is 0 Å². The molecule has 176 valence electrons. The number of benzene rings is 1. The number of fused-ring (bicyclic) bond motifs is 1. The van der Waals surface area contributed by atoms with Crippen molar-refractivity contribution < 1.29 is 19.0 Å². The molecule has 5 rings (SSSR count). The fourth-order valence-corrected chi connectivity index (χ4v) is 5.19. The number of ether oxygens (including phenoxy) is 3. The van der Waals surface area contributed by atoms with Crippen LogP contribution < -0.4 is 15.0 Å². The molecule has 2 aliphatic rings. The van der Waals surface area contributed by atoms with Crippen LogP contribution in [0.15, 0.2) is 18.3 Å². The zero-order valence-electron chi connectivity index (χ0n) is 18.9. The number of nitrogens with zero attached hydrogens (tertiary/aromatic N) is 5. The first-order valence-electron chi connectivity index (χ1n) is 11.1. The van der Waals surface area contributed by atoms with Gasteiger partial charge in [-0.2, -0.15) is 0 Å². The molecule has 33 heavy (non-hydrogen) atoms. The molecule has 1 aromatic carbocycles. The van der Waals surface area contributed by atoms with Crippen molar-refractivity contribution in [2.75, 3.05) is 69.9 Å². The summed E-state index contributed by atoms with van der Waals surface area (Å²) < 4.78 is 19.3. The Bertz CT molecular complexity index is 1130. The summed E-state index contributed by atoms with van der Waals surface area (Å²) in [5, 5.41) is 3.49. The number of nitrogens with one attached hydrogen (secondary N) is 1. The second-order valence-corrected chi connectivity index (χ2v) is 9.04. The highest BCUT2D eigenvalue weighted by molar-refractivity contribution is 7.23. The smallest absolute Gasteiger partial charge is 0.275 e. The predicted octanol–water partition coefficient (Wildman–Crippen LogP) is 1.96. The Morgan fingerprint density at radius 1 is 1.15 bits per heavy atom. The first kappa shape index (κ1) is 22.1.